The predicted octanol–water partition coefficient (Wildman–Crippen LogP) is 1.20. The molecule has 0 fully saturated rings. The first-order valence-corrected chi connectivity index (χ1v) is 6.32. The molecule has 1 rings (SSSR count). The van der Waals surface area contributed by atoms with Crippen LogP contribution in [0.15, 0.2) is 30.3 Å². The molecule has 0 radical (unpaired) electrons. The topological polar surface area (TPSA) is 92.6 Å². The summed E-state index contributed by atoms with van der Waals surface area (Å²) in [6.45, 7) is 0.303. The summed E-state index contributed by atoms with van der Waals surface area (Å²) in [5, 5.41) is 13.1. The molecule has 0 aliphatic heterocycles. The minimum Gasteiger partial charge on any atom is -0.359 e. The number of carbonyl (C=O) groups is 2. The molecule has 0 saturated heterocycles. The van der Waals surface area contributed by atoms with Gasteiger partial charge in [0.25, 0.3) is 5.69 Å². The van der Waals surface area contributed by atoms with E-state index in [4.69, 9.17) is 0 Å². The highest BCUT2D eigenvalue weighted by atomic mass is 16.6. The summed E-state index contributed by atoms with van der Waals surface area (Å²) in [5.74, 6) is -0.414. The molecule has 1 aromatic rings. The van der Waals surface area contributed by atoms with Crippen molar-refractivity contribution in [1.82, 2.24) is 10.2 Å². The summed E-state index contributed by atoms with van der Waals surface area (Å²) in [5.41, 5.74) is 0.537. The van der Waals surface area contributed by atoms with Gasteiger partial charge in [0, 0.05) is 45.3 Å². The lowest BCUT2D eigenvalue weighted by molar-refractivity contribution is -0.384. The number of nitrogens with one attached hydrogen (secondary N) is 1. The molecule has 0 saturated carbocycles. The fourth-order valence-electron chi connectivity index (χ4n) is 1.54. The second kappa shape index (κ2) is 7.78. The van der Waals surface area contributed by atoms with Gasteiger partial charge in [-0.2, -0.15) is 0 Å². The standard InChI is InChI=1S/C14H17N3O4/c1-15-13(18)8-9-16(2)14(19)7-6-11-4-3-5-12(10-11)17(20)21/h3-7,10H,8-9H2,1-2H3,(H,15,18)/b7-6+. The number of likely N-dealkylation sites (N-methyl/N-ethyl adjacent to an activating group) is 1. The van der Waals surface area contributed by atoms with Gasteiger partial charge in [-0.3, -0.25) is 19.7 Å². The molecular formula is C14H17N3O4. The molecule has 0 aliphatic rings. The first-order chi connectivity index (χ1) is 9.93. The maximum Gasteiger partial charge on any atom is 0.270 e. The van der Waals surface area contributed by atoms with Gasteiger partial charge in [0.2, 0.25) is 11.8 Å². The summed E-state index contributed by atoms with van der Waals surface area (Å²) >= 11 is 0. The van der Waals surface area contributed by atoms with Crippen LogP contribution in [0.4, 0.5) is 5.69 Å². The van der Waals surface area contributed by atoms with Gasteiger partial charge in [-0.1, -0.05) is 12.1 Å². The zero-order valence-corrected chi connectivity index (χ0v) is 11.9. The Balaban J connectivity index is 2.63. The minimum absolute atomic E-state index is 0.0300. The molecule has 0 heterocycles. The molecule has 1 N–H and O–H groups in total. The summed E-state index contributed by atoms with van der Waals surface area (Å²) in [4.78, 5) is 34.5. The van der Waals surface area contributed by atoms with Gasteiger partial charge in [0.15, 0.2) is 0 Å². The van der Waals surface area contributed by atoms with Crippen molar-refractivity contribution in [3.63, 3.8) is 0 Å². The van der Waals surface area contributed by atoms with E-state index < -0.39 is 4.92 Å². The summed E-state index contributed by atoms with van der Waals surface area (Å²) < 4.78 is 0. The number of nitro benzene ring substituents is 1. The molecule has 7 nitrogen and oxygen atoms in total. The molecule has 0 unspecified atom stereocenters. The van der Waals surface area contributed by atoms with Gasteiger partial charge in [-0.05, 0) is 11.6 Å². The normalized spacial score (nSPS) is 10.4. The van der Waals surface area contributed by atoms with Gasteiger partial charge in [-0.15, -0.1) is 0 Å². The molecule has 21 heavy (non-hydrogen) atoms. The number of carbonyl (C=O) groups excluding carboxylic acids is 2. The Hall–Kier alpha value is -2.70. The van der Waals surface area contributed by atoms with E-state index in [1.807, 2.05) is 0 Å². The van der Waals surface area contributed by atoms with Crippen LogP contribution in [0.1, 0.15) is 12.0 Å². The van der Waals surface area contributed by atoms with Crippen molar-refractivity contribution in [1.29, 1.82) is 0 Å². The quantitative estimate of drug-likeness (QED) is 0.484. The molecule has 2 amide bonds. The number of amides is 2. The third-order valence-electron chi connectivity index (χ3n) is 2.83. The molecule has 1 aromatic carbocycles. The number of hydrogen-bond donors (Lipinski definition) is 1. The average molecular weight is 291 g/mol. The van der Waals surface area contributed by atoms with E-state index in [2.05, 4.69) is 5.32 Å². The molecule has 0 atom stereocenters. The summed E-state index contributed by atoms with van der Waals surface area (Å²) in [6.07, 6.45) is 3.05. The average Bonchev–Trinajstić information content (AvgIpc) is 2.49. The second-order valence-corrected chi connectivity index (χ2v) is 4.37. The number of non-ortho nitro benzene ring substituents is 1. The van der Waals surface area contributed by atoms with Crippen molar-refractivity contribution in [2.24, 2.45) is 0 Å². The van der Waals surface area contributed by atoms with E-state index in [0.717, 1.165) is 0 Å². The monoisotopic (exact) mass is 291 g/mol. The van der Waals surface area contributed by atoms with Crippen molar-refractivity contribution in [3.05, 3.63) is 46.0 Å². The Bertz CT molecular complexity index is 569. The molecular weight excluding hydrogens is 274 g/mol. The highest BCUT2D eigenvalue weighted by Gasteiger charge is 2.08. The number of hydrogen-bond acceptors (Lipinski definition) is 4. The van der Waals surface area contributed by atoms with E-state index in [9.17, 15) is 19.7 Å². The Morgan fingerprint density at radius 1 is 1.43 bits per heavy atom. The van der Waals surface area contributed by atoms with Crippen LogP contribution in [0.5, 0.6) is 0 Å². The third kappa shape index (κ3) is 5.43. The smallest absolute Gasteiger partial charge is 0.270 e. The maximum absolute atomic E-state index is 11.8. The zero-order chi connectivity index (χ0) is 15.8. The van der Waals surface area contributed by atoms with Crippen LogP contribution in [0.2, 0.25) is 0 Å². The number of rotatable bonds is 6. The van der Waals surface area contributed by atoms with E-state index >= 15 is 0 Å². The Kier molecular flexibility index (Phi) is 6.06. The van der Waals surface area contributed by atoms with Crippen LogP contribution in [-0.4, -0.2) is 42.3 Å². The molecule has 0 spiro atoms. The van der Waals surface area contributed by atoms with Crippen molar-refractivity contribution in [3.8, 4) is 0 Å². The molecule has 7 heteroatoms. The lowest BCUT2D eigenvalue weighted by Crippen LogP contribution is -2.30. The Morgan fingerprint density at radius 3 is 2.76 bits per heavy atom. The lowest BCUT2D eigenvalue weighted by atomic mass is 10.2. The van der Waals surface area contributed by atoms with Crippen molar-refractivity contribution in [2.45, 2.75) is 6.42 Å². The maximum atomic E-state index is 11.8. The van der Waals surface area contributed by atoms with E-state index in [1.165, 1.54) is 36.2 Å². The van der Waals surface area contributed by atoms with Crippen LogP contribution in [0.25, 0.3) is 6.08 Å². The van der Waals surface area contributed by atoms with E-state index in [0.29, 0.717) is 12.1 Å². The van der Waals surface area contributed by atoms with Gasteiger partial charge in [0.05, 0.1) is 4.92 Å². The van der Waals surface area contributed by atoms with Crippen LogP contribution in [-0.2, 0) is 9.59 Å². The highest BCUT2D eigenvalue weighted by molar-refractivity contribution is 5.92. The highest BCUT2D eigenvalue weighted by Crippen LogP contribution is 2.14. The SMILES string of the molecule is CNC(=O)CCN(C)C(=O)/C=C/c1cccc([N+](=O)[O-])c1. The number of nitrogens with zero attached hydrogens (tertiary/aromatic N) is 2. The fourth-order valence-corrected chi connectivity index (χ4v) is 1.54. The van der Waals surface area contributed by atoms with Crippen molar-refractivity contribution in [2.75, 3.05) is 20.6 Å². The summed E-state index contributed by atoms with van der Waals surface area (Å²) in [7, 11) is 3.12. The van der Waals surface area contributed by atoms with Crippen molar-refractivity contribution < 1.29 is 14.5 Å². The Morgan fingerprint density at radius 2 is 2.14 bits per heavy atom. The lowest BCUT2D eigenvalue weighted by Gasteiger charge is -2.14. The second-order valence-electron chi connectivity index (χ2n) is 4.37. The first kappa shape index (κ1) is 16.4. The van der Waals surface area contributed by atoms with Crippen LogP contribution in [0, 0.1) is 10.1 Å². The zero-order valence-electron chi connectivity index (χ0n) is 11.9. The third-order valence-corrected chi connectivity index (χ3v) is 2.83. The van der Waals surface area contributed by atoms with Gasteiger partial charge in [-0.25, -0.2) is 0 Å². The fraction of sp³-hybridized carbons (Fsp3) is 0.286. The largest absolute Gasteiger partial charge is 0.359 e. The van der Waals surface area contributed by atoms with Crippen LogP contribution >= 0.6 is 0 Å². The Labute approximate surface area is 122 Å². The van der Waals surface area contributed by atoms with Gasteiger partial charge >= 0.3 is 0 Å². The molecule has 0 aliphatic carbocycles. The van der Waals surface area contributed by atoms with Gasteiger partial charge in [0.1, 0.15) is 0 Å². The number of nitro groups is 1. The molecule has 0 aromatic heterocycles. The molecule has 112 valence electrons. The van der Waals surface area contributed by atoms with E-state index in [-0.39, 0.29) is 23.9 Å². The van der Waals surface area contributed by atoms with E-state index in [1.54, 1.807) is 19.2 Å². The number of benzene rings is 1. The predicted molar refractivity (Wildman–Crippen MR) is 78.5 cm³/mol. The van der Waals surface area contributed by atoms with Crippen LogP contribution in [0.3, 0.4) is 0 Å². The minimum atomic E-state index is -0.491. The van der Waals surface area contributed by atoms with Gasteiger partial charge < -0.3 is 10.2 Å². The summed E-state index contributed by atoms with van der Waals surface area (Å²) in [6, 6.07) is 5.99. The first-order valence-electron chi connectivity index (χ1n) is 6.32. The molecule has 0 bridgehead atoms. The van der Waals surface area contributed by atoms with Crippen LogP contribution < -0.4 is 5.32 Å². The van der Waals surface area contributed by atoms with Crippen molar-refractivity contribution >= 4 is 23.6 Å².